The zero-order valence-electron chi connectivity index (χ0n) is 9.65. The molecule has 2 rings (SSSR count). The maximum Gasteiger partial charge on any atom is 0.263 e. The molecule has 1 aromatic heterocycles. The van der Waals surface area contributed by atoms with Crippen LogP contribution in [0.25, 0.3) is 0 Å². The van der Waals surface area contributed by atoms with Gasteiger partial charge in [0.1, 0.15) is 4.99 Å². The molecule has 0 unspecified atom stereocenters. The highest BCUT2D eigenvalue weighted by atomic mass is 32.2. The van der Waals surface area contributed by atoms with Gasteiger partial charge in [0, 0.05) is 11.8 Å². The maximum absolute atomic E-state index is 12.0. The van der Waals surface area contributed by atoms with Crippen LogP contribution in [-0.4, -0.2) is 23.6 Å². The van der Waals surface area contributed by atoms with E-state index in [9.17, 15) is 8.42 Å². The number of anilines is 1. The molecule has 8 heteroatoms. The summed E-state index contributed by atoms with van der Waals surface area (Å²) in [5, 5.41) is 7.24. The van der Waals surface area contributed by atoms with Gasteiger partial charge in [0.2, 0.25) is 0 Å². The molecule has 6 nitrogen and oxygen atoms in total. The van der Waals surface area contributed by atoms with Gasteiger partial charge in [-0.2, -0.15) is 5.10 Å². The summed E-state index contributed by atoms with van der Waals surface area (Å²) in [6, 6.07) is 9.04. The van der Waals surface area contributed by atoms with Crippen molar-refractivity contribution in [1.29, 1.82) is 0 Å². The van der Waals surface area contributed by atoms with E-state index in [0.29, 0.717) is 5.56 Å². The van der Waals surface area contributed by atoms with Crippen LogP contribution in [0.2, 0.25) is 0 Å². The molecule has 0 radical (unpaired) electrons. The van der Waals surface area contributed by atoms with Crippen LogP contribution in [-0.2, 0) is 10.0 Å². The summed E-state index contributed by atoms with van der Waals surface area (Å²) in [5.74, 6) is 0.154. The fourth-order valence-electron chi connectivity index (χ4n) is 1.35. The predicted molar refractivity (Wildman–Crippen MR) is 75.2 cm³/mol. The van der Waals surface area contributed by atoms with E-state index in [1.54, 1.807) is 18.2 Å². The van der Waals surface area contributed by atoms with Gasteiger partial charge in [-0.05, 0) is 24.3 Å². The molecule has 98 valence electrons. The molecule has 0 aliphatic rings. The average Bonchev–Trinajstić information content (AvgIpc) is 2.39. The molecule has 0 spiro atoms. The molecule has 0 aliphatic heterocycles. The Morgan fingerprint density at radius 1 is 1.21 bits per heavy atom. The third-order valence-corrected chi connectivity index (χ3v) is 3.87. The van der Waals surface area contributed by atoms with Gasteiger partial charge in [0.15, 0.2) is 5.82 Å². The van der Waals surface area contributed by atoms with Crippen molar-refractivity contribution in [2.45, 2.75) is 4.90 Å². The minimum Gasteiger partial charge on any atom is -0.389 e. The number of nitrogens with two attached hydrogens (primary N) is 1. The second-order valence-electron chi connectivity index (χ2n) is 3.60. The lowest BCUT2D eigenvalue weighted by atomic mass is 10.2. The van der Waals surface area contributed by atoms with E-state index in [4.69, 9.17) is 18.0 Å². The van der Waals surface area contributed by atoms with Gasteiger partial charge in [-0.3, -0.25) is 4.72 Å². The molecule has 3 N–H and O–H groups in total. The number of sulfonamides is 1. The fraction of sp³-hybridized carbons (Fsp3) is 0. The van der Waals surface area contributed by atoms with Crippen LogP contribution in [0.4, 0.5) is 5.82 Å². The molecular formula is C11H10N4O2S2. The standard InChI is InChI=1S/C11H10N4O2S2/c12-11(18)8-3-5-9(6-4-8)19(16,17)15-10-2-1-7-13-14-10/h1-7H,(H2,12,18)(H,14,15). The first-order chi connectivity index (χ1) is 8.99. The summed E-state index contributed by atoms with van der Waals surface area (Å²) in [7, 11) is -3.69. The van der Waals surface area contributed by atoms with Crippen LogP contribution in [0.5, 0.6) is 0 Å². The summed E-state index contributed by atoms with van der Waals surface area (Å²) in [6.45, 7) is 0. The molecule has 2 aromatic rings. The number of nitrogens with zero attached hydrogens (tertiary/aromatic N) is 2. The van der Waals surface area contributed by atoms with Crippen molar-refractivity contribution in [2.24, 2.45) is 5.73 Å². The van der Waals surface area contributed by atoms with Crippen LogP contribution in [0, 0.1) is 0 Å². The zero-order chi connectivity index (χ0) is 13.9. The smallest absolute Gasteiger partial charge is 0.263 e. The largest absolute Gasteiger partial charge is 0.389 e. The molecule has 0 atom stereocenters. The number of hydrogen-bond donors (Lipinski definition) is 2. The van der Waals surface area contributed by atoms with Crippen molar-refractivity contribution in [3.8, 4) is 0 Å². The van der Waals surface area contributed by atoms with Crippen molar-refractivity contribution in [3.63, 3.8) is 0 Å². The van der Waals surface area contributed by atoms with E-state index < -0.39 is 10.0 Å². The van der Waals surface area contributed by atoms with Crippen molar-refractivity contribution in [2.75, 3.05) is 4.72 Å². The normalized spacial score (nSPS) is 10.9. The first-order valence-corrected chi connectivity index (χ1v) is 7.08. The van der Waals surface area contributed by atoms with Gasteiger partial charge in [-0.1, -0.05) is 24.4 Å². The molecular weight excluding hydrogens is 284 g/mol. The van der Waals surface area contributed by atoms with E-state index in [2.05, 4.69) is 14.9 Å². The van der Waals surface area contributed by atoms with Gasteiger partial charge < -0.3 is 5.73 Å². The highest BCUT2D eigenvalue weighted by Gasteiger charge is 2.14. The monoisotopic (exact) mass is 294 g/mol. The van der Waals surface area contributed by atoms with Crippen LogP contribution in [0.1, 0.15) is 5.56 Å². The van der Waals surface area contributed by atoms with Crippen molar-refractivity contribution >= 4 is 33.0 Å². The highest BCUT2D eigenvalue weighted by Crippen LogP contribution is 2.14. The Kier molecular flexibility index (Phi) is 3.72. The van der Waals surface area contributed by atoms with Gasteiger partial charge >= 0.3 is 0 Å². The number of nitrogens with one attached hydrogen (secondary N) is 1. The second-order valence-corrected chi connectivity index (χ2v) is 5.73. The van der Waals surface area contributed by atoms with Crippen LogP contribution in [0.3, 0.4) is 0 Å². The summed E-state index contributed by atoms with van der Waals surface area (Å²) in [5.41, 5.74) is 6.05. The zero-order valence-corrected chi connectivity index (χ0v) is 11.3. The van der Waals surface area contributed by atoms with Crippen molar-refractivity contribution in [1.82, 2.24) is 10.2 Å². The maximum atomic E-state index is 12.0. The fourth-order valence-corrected chi connectivity index (χ4v) is 2.48. The van der Waals surface area contributed by atoms with Gasteiger partial charge in [0.25, 0.3) is 10.0 Å². The van der Waals surface area contributed by atoms with Crippen molar-refractivity contribution in [3.05, 3.63) is 48.2 Å². The molecule has 0 saturated heterocycles. The predicted octanol–water partition coefficient (Wildman–Crippen LogP) is 0.912. The molecule has 1 heterocycles. The topological polar surface area (TPSA) is 98.0 Å². The second kappa shape index (κ2) is 5.29. The average molecular weight is 294 g/mol. The summed E-state index contributed by atoms with van der Waals surface area (Å²) >= 11 is 4.80. The van der Waals surface area contributed by atoms with Crippen molar-refractivity contribution < 1.29 is 8.42 Å². The van der Waals surface area contributed by atoms with E-state index in [0.717, 1.165) is 0 Å². The Labute approximate surface area is 115 Å². The van der Waals surface area contributed by atoms with Crippen LogP contribution < -0.4 is 10.5 Å². The van der Waals surface area contributed by atoms with Gasteiger partial charge in [-0.25, -0.2) is 8.42 Å². The first kappa shape index (κ1) is 13.4. The summed E-state index contributed by atoms with van der Waals surface area (Å²) < 4.78 is 26.4. The van der Waals surface area contributed by atoms with E-state index in [1.165, 1.54) is 24.4 Å². The molecule has 0 bridgehead atoms. The minimum absolute atomic E-state index is 0.0955. The number of thiocarbonyl (C=S) groups is 1. The molecule has 0 aliphatic carbocycles. The SMILES string of the molecule is NC(=S)c1ccc(S(=O)(=O)Nc2cccnn2)cc1. The summed E-state index contributed by atoms with van der Waals surface area (Å²) in [4.78, 5) is 0.309. The van der Waals surface area contributed by atoms with Crippen LogP contribution in [0.15, 0.2) is 47.5 Å². The third kappa shape index (κ3) is 3.24. The number of benzene rings is 1. The highest BCUT2D eigenvalue weighted by molar-refractivity contribution is 7.92. The Hall–Kier alpha value is -2.06. The molecule has 0 fully saturated rings. The number of aromatic nitrogens is 2. The Morgan fingerprint density at radius 2 is 1.89 bits per heavy atom. The first-order valence-electron chi connectivity index (χ1n) is 5.19. The minimum atomic E-state index is -3.69. The van der Waals surface area contributed by atoms with E-state index in [-0.39, 0.29) is 15.7 Å². The Bertz CT molecular complexity index is 684. The van der Waals surface area contributed by atoms with E-state index in [1.807, 2.05) is 0 Å². The molecule has 1 aromatic carbocycles. The summed E-state index contributed by atoms with van der Waals surface area (Å²) in [6.07, 6.45) is 1.45. The molecule has 0 amide bonds. The van der Waals surface area contributed by atoms with Crippen LogP contribution >= 0.6 is 12.2 Å². The molecule has 0 saturated carbocycles. The quantitative estimate of drug-likeness (QED) is 0.813. The van der Waals surface area contributed by atoms with Gasteiger partial charge in [0.05, 0.1) is 4.90 Å². The van der Waals surface area contributed by atoms with Gasteiger partial charge in [-0.15, -0.1) is 5.10 Å². The Morgan fingerprint density at radius 3 is 2.42 bits per heavy atom. The molecule has 19 heavy (non-hydrogen) atoms. The third-order valence-electron chi connectivity index (χ3n) is 2.26. The number of hydrogen-bond acceptors (Lipinski definition) is 5. The lowest BCUT2D eigenvalue weighted by molar-refractivity contribution is 0.601. The lowest BCUT2D eigenvalue weighted by Gasteiger charge is -2.07. The Balaban J connectivity index is 2.27. The lowest BCUT2D eigenvalue weighted by Crippen LogP contribution is -2.15. The number of rotatable bonds is 4. The van der Waals surface area contributed by atoms with E-state index >= 15 is 0 Å².